The van der Waals surface area contributed by atoms with Crippen LogP contribution in [0.3, 0.4) is 0 Å². The highest BCUT2D eigenvalue weighted by molar-refractivity contribution is 5.48. The van der Waals surface area contributed by atoms with E-state index in [1.807, 2.05) is 0 Å². The molecule has 0 fully saturated rings. The van der Waals surface area contributed by atoms with Crippen LogP contribution < -0.4 is 5.32 Å². The molecule has 0 bridgehead atoms. The van der Waals surface area contributed by atoms with E-state index in [1.54, 1.807) is 0 Å². The van der Waals surface area contributed by atoms with E-state index in [4.69, 9.17) is 9.97 Å². The van der Waals surface area contributed by atoms with Crippen LogP contribution in [-0.2, 0) is 6.42 Å². The van der Waals surface area contributed by atoms with E-state index in [1.165, 1.54) is 16.7 Å². The number of aryl methyl sites for hydroxylation is 2. The summed E-state index contributed by atoms with van der Waals surface area (Å²) in [5.41, 5.74) is 4.83. The van der Waals surface area contributed by atoms with E-state index < -0.39 is 0 Å². The van der Waals surface area contributed by atoms with E-state index in [0.29, 0.717) is 5.92 Å². The molecule has 1 N–H and O–H groups in total. The highest BCUT2D eigenvalue weighted by atomic mass is 15.0. The minimum atomic E-state index is 0.424. The van der Waals surface area contributed by atoms with Crippen molar-refractivity contribution < 1.29 is 0 Å². The molecule has 1 heterocycles. The number of aromatic nitrogens is 2. The van der Waals surface area contributed by atoms with Gasteiger partial charge < -0.3 is 5.32 Å². The van der Waals surface area contributed by atoms with Crippen LogP contribution in [0.25, 0.3) is 0 Å². The van der Waals surface area contributed by atoms with Gasteiger partial charge in [-0.2, -0.15) is 0 Å². The molecule has 0 aliphatic heterocycles. The second-order valence-corrected chi connectivity index (χ2v) is 5.83. The molecular formula is C18H25N3. The van der Waals surface area contributed by atoms with Crippen molar-refractivity contribution in [3.8, 4) is 0 Å². The van der Waals surface area contributed by atoms with Gasteiger partial charge in [-0.3, -0.25) is 0 Å². The minimum Gasteiger partial charge on any atom is -0.370 e. The van der Waals surface area contributed by atoms with Gasteiger partial charge in [0.05, 0.1) is 0 Å². The van der Waals surface area contributed by atoms with Crippen LogP contribution in [0.1, 0.15) is 54.9 Å². The van der Waals surface area contributed by atoms with E-state index in [9.17, 15) is 0 Å². The van der Waals surface area contributed by atoms with Crippen molar-refractivity contribution in [3.63, 3.8) is 0 Å². The van der Waals surface area contributed by atoms with Crippen LogP contribution in [0.15, 0.2) is 24.3 Å². The Bertz CT molecular complexity index is 601. The topological polar surface area (TPSA) is 37.8 Å². The molecule has 0 spiro atoms. The lowest BCUT2D eigenvalue weighted by Crippen LogP contribution is -2.11. The van der Waals surface area contributed by atoms with Crippen molar-refractivity contribution in [1.29, 1.82) is 0 Å². The highest BCUT2D eigenvalue weighted by Gasteiger charge is 2.14. The second-order valence-electron chi connectivity index (χ2n) is 5.83. The average Bonchev–Trinajstić information content (AvgIpc) is 2.41. The van der Waals surface area contributed by atoms with Gasteiger partial charge in [-0.25, -0.2) is 9.97 Å². The predicted octanol–water partition coefficient (Wildman–Crippen LogP) is 4.24. The van der Waals surface area contributed by atoms with Crippen molar-refractivity contribution in [3.05, 3.63) is 52.5 Å². The number of nitrogens with zero attached hydrogens (tertiary/aromatic N) is 2. The molecule has 0 radical (unpaired) electrons. The number of nitrogens with one attached hydrogen (secondary N) is 1. The number of hydrogen-bond donors (Lipinski definition) is 1. The van der Waals surface area contributed by atoms with Crippen molar-refractivity contribution in [2.24, 2.45) is 0 Å². The summed E-state index contributed by atoms with van der Waals surface area (Å²) in [6.45, 7) is 11.5. The number of rotatable bonds is 5. The monoisotopic (exact) mass is 283 g/mol. The zero-order valence-corrected chi connectivity index (χ0v) is 13.7. The Kier molecular flexibility index (Phi) is 4.94. The summed E-state index contributed by atoms with van der Waals surface area (Å²) < 4.78 is 0. The van der Waals surface area contributed by atoms with Crippen molar-refractivity contribution in [2.75, 3.05) is 11.9 Å². The van der Waals surface area contributed by atoms with Crippen LogP contribution in [0.5, 0.6) is 0 Å². The van der Waals surface area contributed by atoms with Gasteiger partial charge in [0, 0.05) is 24.2 Å². The van der Waals surface area contributed by atoms with Crippen LogP contribution in [0, 0.1) is 13.8 Å². The van der Waals surface area contributed by atoms with Gasteiger partial charge in [-0.1, -0.05) is 43.7 Å². The summed E-state index contributed by atoms with van der Waals surface area (Å²) in [6.07, 6.45) is 0.776. The maximum atomic E-state index is 4.74. The van der Waals surface area contributed by atoms with Crippen LogP contribution in [-0.4, -0.2) is 16.5 Å². The molecule has 0 amide bonds. The first-order chi connectivity index (χ1) is 10.0. The number of benzene rings is 1. The third-order valence-corrected chi connectivity index (χ3v) is 3.59. The third kappa shape index (κ3) is 3.81. The van der Waals surface area contributed by atoms with E-state index in [2.05, 4.69) is 64.2 Å². The first-order valence-electron chi connectivity index (χ1n) is 7.68. The normalized spacial score (nSPS) is 11.0. The first-order valence-corrected chi connectivity index (χ1v) is 7.68. The summed E-state index contributed by atoms with van der Waals surface area (Å²) in [4.78, 5) is 9.44. The van der Waals surface area contributed by atoms with Gasteiger partial charge in [0.25, 0.3) is 0 Å². The lowest BCUT2D eigenvalue weighted by atomic mass is 10.0. The Balaban J connectivity index is 2.34. The fourth-order valence-corrected chi connectivity index (χ4v) is 2.60. The molecule has 1 aromatic heterocycles. The first kappa shape index (κ1) is 15.5. The molecular weight excluding hydrogens is 258 g/mol. The van der Waals surface area contributed by atoms with Crippen molar-refractivity contribution >= 4 is 5.82 Å². The summed E-state index contributed by atoms with van der Waals surface area (Å²) in [5, 5.41) is 3.38. The Morgan fingerprint density at radius 2 is 1.71 bits per heavy atom. The van der Waals surface area contributed by atoms with Gasteiger partial charge in [-0.15, -0.1) is 0 Å². The zero-order chi connectivity index (χ0) is 15.4. The molecule has 2 rings (SSSR count). The maximum absolute atomic E-state index is 4.74. The smallest absolute Gasteiger partial charge is 0.135 e. The third-order valence-electron chi connectivity index (χ3n) is 3.59. The molecule has 0 aliphatic carbocycles. The molecule has 1 aromatic carbocycles. The Morgan fingerprint density at radius 1 is 1.05 bits per heavy atom. The molecule has 0 saturated carbocycles. The zero-order valence-electron chi connectivity index (χ0n) is 13.7. The van der Waals surface area contributed by atoms with Crippen LogP contribution in [0.4, 0.5) is 5.82 Å². The molecule has 0 atom stereocenters. The summed E-state index contributed by atoms with van der Waals surface area (Å²) in [7, 11) is 0. The number of anilines is 1. The van der Waals surface area contributed by atoms with Crippen LogP contribution in [0.2, 0.25) is 0 Å². The van der Waals surface area contributed by atoms with Gasteiger partial charge in [0.1, 0.15) is 11.6 Å². The predicted molar refractivity (Wildman–Crippen MR) is 89.0 cm³/mol. The summed E-state index contributed by atoms with van der Waals surface area (Å²) in [6, 6.07) is 8.57. The molecule has 3 nitrogen and oxygen atoms in total. The van der Waals surface area contributed by atoms with Gasteiger partial charge >= 0.3 is 0 Å². The van der Waals surface area contributed by atoms with Crippen LogP contribution >= 0.6 is 0 Å². The Morgan fingerprint density at radius 3 is 2.29 bits per heavy atom. The Labute approximate surface area is 127 Å². The highest BCUT2D eigenvalue weighted by Crippen LogP contribution is 2.25. The molecule has 0 saturated heterocycles. The molecule has 3 heteroatoms. The molecule has 2 aromatic rings. The molecule has 21 heavy (non-hydrogen) atoms. The lowest BCUT2D eigenvalue weighted by Gasteiger charge is -2.16. The average molecular weight is 283 g/mol. The summed E-state index contributed by atoms with van der Waals surface area (Å²) in [5.74, 6) is 2.30. The maximum Gasteiger partial charge on any atom is 0.135 e. The fraction of sp³-hybridized carbons (Fsp3) is 0.444. The van der Waals surface area contributed by atoms with E-state index in [0.717, 1.165) is 30.3 Å². The molecule has 112 valence electrons. The van der Waals surface area contributed by atoms with Gasteiger partial charge in [0.15, 0.2) is 0 Å². The van der Waals surface area contributed by atoms with E-state index >= 15 is 0 Å². The SMILES string of the molecule is CCNc1nc(Cc2ccc(C)cc2)nc(C)c1C(C)C. The van der Waals surface area contributed by atoms with Gasteiger partial charge in [-0.05, 0) is 32.3 Å². The quantitative estimate of drug-likeness (QED) is 0.892. The molecule has 0 unspecified atom stereocenters. The number of hydrogen-bond acceptors (Lipinski definition) is 3. The van der Waals surface area contributed by atoms with Crippen molar-refractivity contribution in [1.82, 2.24) is 9.97 Å². The fourth-order valence-electron chi connectivity index (χ4n) is 2.60. The molecule has 0 aliphatic rings. The van der Waals surface area contributed by atoms with E-state index in [-0.39, 0.29) is 0 Å². The van der Waals surface area contributed by atoms with Gasteiger partial charge in [0.2, 0.25) is 0 Å². The Hall–Kier alpha value is -1.90. The summed E-state index contributed by atoms with van der Waals surface area (Å²) >= 11 is 0. The van der Waals surface area contributed by atoms with Crippen molar-refractivity contribution in [2.45, 2.75) is 47.0 Å². The standard InChI is InChI=1S/C18H25N3/c1-6-19-18-17(12(2)3)14(5)20-16(21-18)11-15-9-7-13(4)8-10-15/h7-10,12H,6,11H2,1-5H3,(H,19,20,21). The largest absolute Gasteiger partial charge is 0.370 e. The lowest BCUT2D eigenvalue weighted by molar-refractivity contribution is 0.811. The second kappa shape index (κ2) is 6.70. The minimum absolute atomic E-state index is 0.424.